The Morgan fingerprint density at radius 3 is 2.95 bits per heavy atom. The van der Waals surface area contributed by atoms with Crippen LogP contribution in [0.15, 0.2) is 5.38 Å². The van der Waals surface area contributed by atoms with Crippen molar-refractivity contribution < 1.29 is 14.7 Å². The van der Waals surface area contributed by atoms with Crippen molar-refractivity contribution in [3.8, 4) is 0 Å². The standard InChI is InChI=1S/C15H21NO3S/c1-3-4-12(15(18)19)16-14(17)11-8-20-13-7-9(2)5-6-10(11)13/h8-9,12H,3-7H2,1-2H3,(H,16,17)(H,18,19)/t9?,12-/m0/s1. The van der Waals surface area contributed by atoms with Gasteiger partial charge in [-0.3, -0.25) is 4.79 Å². The van der Waals surface area contributed by atoms with E-state index in [1.165, 1.54) is 4.88 Å². The van der Waals surface area contributed by atoms with Crippen molar-refractivity contribution in [1.82, 2.24) is 5.32 Å². The number of amides is 1. The van der Waals surface area contributed by atoms with Gasteiger partial charge in [-0.25, -0.2) is 4.79 Å². The highest BCUT2D eigenvalue weighted by Crippen LogP contribution is 2.32. The molecule has 5 heteroatoms. The van der Waals surface area contributed by atoms with Crippen molar-refractivity contribution in [2.45, 2.75) is 52.0 Å². The molecular weight excluding hydrogens is 274 g/mol. The van der Waals surface area contributed by atoms with Crippen molar-refractivity contribution in [3.05, 3.63) is 21.4 Å². The van der Waals surface area contributed by atoms with Gasteiger partial charge in [0, 0.05) is 10.3 Å². The number of carbonyl (C=O) groups is 2. The number of hydrogen-bond donors (Lipinski definition) is 2. The van der Waals surface area contributed by atoms with Crippen LogP contribution in [-0.2, 0) is 17.6 Å². The fraction of sp³-hybridized carbons (Fsp3) is 0.600. The summed E-state index contributed by atoms with van der Waals surface area (Å²) in [6, 6.07) is -0.787. The van der Waals surface area contributed by atoms with Gasteiger partial charge in [-0.1, -0.05) is 20.3 Å². The number of carboxylic acids is 1. The SMILES string of the molecule is CCC[C@H](NC(=O)c1csc2c1CCC(C)C2)C(=O)O. The second kappa shape index (κ2) is 6.39. The van der Waals surface area contributed by atoms with Crippen LogP contribution in [0.25, 0.3) is 0 Å². The third kappa shape index (κ3) is 3.20. The molecule has 1 aliphatic rings. The molecule has 1 unspecified atom stereocenters. The first-order valence-corrected chi connectivity index (χ1v) is 8.03. The van der Waals surface area contributed by atoms with Crippen molar-refractivity contribution in [2.75, 3.05) is 0 Å². The van der Waals surface area contributed by atoms with Crippen LogP contribution >= 0.6 is 11.3 Å². The zero-order valence-corrected chi connectivity index (χ0v) is 12.8. The Bertz CT molecular complexity index is 509. The minimum absolute atomic E-state index is 0.238. The van der Waals surface area contributed by atoms with Crippen molar-refractivity contribution in [2.24, 2.45) is 5.92 Å². The van der Waals surface area contributed by atoms with Crippen LogP contribution in [0.3, 0.4) is 0 Å². The third-order valence-corrected chi connectivity index (χ3v) is 4.88. The fourth-order valence-corrected chi connectivity index (χ4v) is 3.89. The number of carbonyl (C=O) groups excluding carboxylic acids is 1. The molecule has 1 aromatic rings. The van der Waals surface area contributed by atoms with Gasteiger partial charge in [-0.05, 0) is 37.2 Å². The van der Waals surface area contributed by atoms with Gasteiger partial charge >= 0.3 is 5.97 Å². The quantitative estimate of drug-likeness (QED) is 0.878. The van der Waals surface area contributed by atoms with Crippen LogP contribution in [-0.4, -0.2) is 23.0 Å². The summed E-state index contributed by atoms with van der Waals surface area (Å²) < 4.78 is 0. The molecule has 0 aliphatic heterocycles. The number of nitrogens with one attached hydrogen (secondary N) is 1. The summed E-state index contributed by atoms with van der Waals surface area (Å²) in [5.74, 6) is -0.528. The number of fused-ring (bicyclic) bond motifs is 1. The maximum absolute atomic E-state index is 12.3. The topological polar surface area (TPSA) is 66.4 Å². The molecule has 110 valence electrons. The normalized spacial score (nSPS) is 19.2. The number of thiophene rings is 1. The molecule has 1 heterocycles. The molecule has 0 aromatic carbocycles. The van der Waals surface area contributed by atoms with E-state index >= 15 is 0 Å². The van der Waals surface area contributed by atoms with Crippen LogP contribution < -0.4 is 5.32 Å². The number of aliphatic carboxylic acids is 1. The first kappa shape index (κ1) is 15.0. The largest absolute Gasteiger partial charge is 0.480 e. The second-order valence-electron chi connectivity index (χ2n) is 5.55. The lowest BCUT2D eigenvalue weighted by Gasteiger charge is -2.19. The van der Waals surface area contributed by atoms with E-state index in [1.54, 1.807) is 11.3 Å². The van der Waals surface area contributed by atoms with Gasteiger partial charge in [0.05, 0.1) is 5.56 Å². The van der Waals surface area contributed by atoms with Crippen molar-refractivity contribution in [1.29, 1.82) is 0 Å². The fourth-order valence-electron chi connectivity index (χ4n) is 2.65. The molecule has 1 amide bonds. The van der Waals surface area contributed by atoms with E-state index in [9.17, 15) is 9.59 Å². The van der Waals surface area contributed by atoms with E-state index < -0.39 is 12.0 Å². The first-order valence-electron chi connectivity index (χ1n) is 7.15. The maximum Gasteiger partial charge on any atom is 0.326 e. The van der Waals surface area contributed by atoms with Crippen LogP contribution in [0.1, 0.15) is 53.9 Å². The molecular formula is C15H21NO3S. The summed E-state index contributed by atoms with van der Waals surface area (Å²) in [4.78, 5) is 24.7. The van der Waals surface area contributed by atoms with E-state index in [0.717, 1.165) is 31.2 Å². The highest BCUT2D eigenvalue weighted by molar-refractivity contribution is 7.10. The molecule has 0 fully saturated rings. The molecule has 0 saturated heterocycles. The predicted molar refractivity (Wildman–Crippen MR) is 79.3 cm³/mol. The van der Waals surface area contributed by atoms with E-state index in [2.05, 4.69) is 12.2 Å². The predicted octanol–water partition coefficient (Wildman–Crippen LogP) is 2.86. The zero-order valence-electron chi connectivity index (χ0n) is 11.9. The monoisotopic (exact) mass is 295 g/mol. The smallest absolute Gasteiger partial charge is 0.326 e. The summed E-state index contributed by atoms with van der Waals surface area (Å²) in [7, 11) is 0. The van der Waals surface area contributed by atoms with Crippen molar-refractivity contribution in [3.63, 3.8) is 0 Å². The summed E-state index contributed by atoms with van der Waals surface area (Å²) in [6.45, 7) is 4.14. The lowest BCUT2D eigenvalue weighted by molar-refractivity contribution is -0.139. The Labute approximate surface area is 123 Å². The number of rotatable bonds is 5. The van der Waals surface area contributed by atoms with E-state index in [0.29, 0.717) is 17.9 Å². The summed E-state index contributed by atoms with van der Waals surface area (Å²) in [6.07, 6.45) is 4.25. The van der Waals surface area contributed by atoms with Crippen LogP contribution in [0, 0.1) is 5.92 Å². The Balaban J connectivity index is 2.12. The molecule has 0 spiro atoms. The summed E-state index contributed by atoms with van der Waals surface area (Å²) in [5.41, 5.74) is 1.81. The molecule has 0 saturated carbocycles. The van der Waals surface area contributed by atoms with Gasteiger partial charge in [0.1, 0.15) is 6.04 Å². The lowest BCUT2D eigenvalue weighted by atomic mass is 9.88. The molecule has 20 heavy (non-hydrogen) atoms. The zero-order chi connectivity index (χ0) is 14.7. The van der Waals surface area contributed by atoms with Crippen LogP contribution in [0.2, 0.25) is 0 Å². The molecule has 2 rings (SSSR count). The maximum atomic E-state index is 12.3. The van der Waals surface area contributed by atoms with Gasteiger partial charge in [0.25, 0.3) is 5.91 Å². The van der Waals surface area contributed by atoms with E-state index in [4.69, 9.17) is 5.11 Å². The molecule has 1 aliphatic carbocycles. The minimum Gasteiger partial charge on any atom is -0.480 e. The van der Waals surface area contributed by atoms with Gasteiger partial charge in [-0.15, -0.1) is 11.3 Å². The molecule has 2 atom stereocenters. The molecule has 0 bridgehead atoms. The van der Waals surface area contributed by atoms with Gasteiger partial charge in [0.15, 0.2) is 0 Å². The summed E-state index contributed by atoms with van der Waals surface area (Å²) >= 11 is 1.62. The highest BCUT2D eigenvalue weighted by Gasteiger charge is 2.25. The van der Waals surface area contributed by atoms with Gasteiger partial charge in [-0.2, -0.15) is 0 Å². The summed E-state index contributed by atoms with van der Waals surface area (Å²) in [5, 5.41) is 13.6. The van der Waals surface area contributed by atoms with Gasteiger partial charge in [0.2, 0.25) is 0 Å². The average Bonchev–Trinajstić information content (AvgIpc) is 2.80. The first-order chi connectivity index (χ1) is 9.52. The molecule has 4 nitrogen and oxygen atoms in total. The average molecular weight is 295 g/mol. The van der Waals surface area contributed by atoms with Gasteiger partial charge < -0.3 is 10.4 Å². The Kier molecular flexibility index (Phi) is 4.81. The molecule has 1 aromatic heterocycles. The Hall–Kier alpha value is -1.36. The van der Waals surface area contributed by atoms with E-state index in [1.807, 2.05) is 12.3 Å². The second-order valence-corrected chi connectivity index (χ2v) is 6.52. The Morgan fingerprint density at radius 2 is 2.30 bits per heavy atom. The molecule has 0 radical (unpaired) electrons. The van der Waals surface area contributed by atoms with Crippen LogP contribution in [0.4, 0.5) is 0 Å². The van der Waals surface area contributed by atoms with E-state index in [-0.39, 0.29) is 5.91 Å². The van der Waals surface area contributed by atoms with Crippen molar-refractivity contribution >= 4 is 23.2 Å². The third-order valence-electron chi connectivity index (χ3n) is 3.83. The van der Waals surface area contributed by atoms with Crippen LogP contribution in [0.5, 0.6) is 0 Å². The Morgan fingerprint density at radius 1 is 1.55 bits per heavy atom. The number of carboxylic acid groups (broad SMARTS) is 1. The number of hydrogen-bond acceptors (Lipinski definition) is 3. The lowest BCUT2D eigenvalue weighted by Crippen LogP contribution is -2.40. The molecule has 2 N–H and O–H groups in total. The highest BCUT2D eigenvalue weighted by atomic mass is 32.1. The minimum atomic E-state index is -0.960.